The maximum absolute atomic E-state index is 13.4. The Kier molecular flexibility index (Phi) is 4.11. The van der Waals surface area contributed by atoms with E-state index in [1.54, 1.807) is 19.1 Å². The number of nitro benzene ring substituents is 1. The lowest BCUT2D eigenvalue weighted by Crippen LogP contribution is -2.04. The zero-order valence-corrected chi connectivity index (χ0v) is 11.0. The van der Waals surface area contributed by atoms with Crippen LogP contribution in [0.25, 0.3) is 0 Å². The van der Waals surface area contributed by atoms with Crippen molar-refractivity contribution in [3.05, 3.63) is 69.0 Å². The maximum Gasteiger partial charge on any atom is 0.272 e. The van der Waals surface area contributed by atoms with Crippen LogP contribution in [0.1, 0.15) is 11.1 Å². The summed E-state index contributed by atoms with van der Waals surface area (Å²) in [4.78, 5) is 10.3. The molecule has 0 spiro atoms. The van der Waals surface area contributed by atoms with Gasteiger partial charge in [-0.15, -0.1) is 0 Å². The van der Waals surface area contributed by atoms with Gasteiger partial charge in [-0.1, -0.05) is 12.1 Å². The predicted octanol–water partition coefficient (Wildman–Crippen LogP) is 3.93. The molecule has 21 heavy (non-hydrogen) atoms. The Balaban J connectivity index is 2.21. The van der Waals surface area contributed by atoms with Gasteiger partial charge in [-0.2, -0.15) is 0 Å². The Morgan fingerprint density at radius 1 is 1.19 bits per heavy atom. The first-order chi connectivity index (χ1) is 9.88. The molecule has 2 aromatic rings. The van der Waals surface area contributed by atoms with Crippen LogP contribution in [0.5, 0.6) is 0 Å². The number of nitrogens with one attached hydrogen (secondary N) is 1. The summed E-state index contributed by atoms with van der Waals surface area (Å²) < 4.78 is 39.5. The molecule has 0 aliphatic heterocycles. The molecule has 2 aromatic carbocycles. The van der Waals surface area contributed by atoms with Crippen molar-refractivity contribution in [2.24, 2.45) is 0 Å². The summed E-state index contributed by atoms with van der Waals surface area (Å²) in [5.41, 5.74) is 0.582. The minimum Gasteiger partial charge on any atom is -0.378 e. The molecular weight excluding hydrogens is 285 g/mol. The van der Waals surface area contributed by atoms with Crippen LogP contribution in [0.3, 0.4) is 0 Å². The number of rotatable bonds is 4. The second-order valence-corrected chi connectivity index (χ2v) is 4.48. The normalized spacial score (nSPS) is 10.5. The number of aryl methyl sites for hydroxylation is 1. The summed E-state index contributed by atoms with van der Waals surface area (Å²) >= 11 is 0. The summed E-state index contributed by atoms with van der Waals surface area (Å²) in [6, 6.07) is 5.76. The van der Waals surface area contributed by atoms with Crippen molar-refractivity contribution in [2.75, 3.05) is 5.32 Å². The van der Waals surface area contributed by atoms with Crippen LogP contribution >= 0.6 is 0 Å². The molecule has 1 N–H and O–H groups in total. The van der Waals surface area contributed by atoms with Crippen molar-refractivity contribution < 1.29 is 18.1 Å². The Hall–Kier alpha value is -2.57. The van der Waals surface area contributed by atoms with Crippen LogP contribution in [-0.2, 0) is 6.54 Å². The highest BCUT2D eigenvalue weighted by atomic mass is 19.2. The van der Waals surface area contributed by atoms with Crippen molar-refractivity contribution in [3.63, 3.8) is 0 Å². The van der Waals surface area contributed by atoms with E-state index in [1.165, 1.54) is 6.07 Å². The summed E-state index contributed by atoms with van der Waals surface area (Å²) in [6.45, 7) is 1.60. The average molecular weight is 296 g/mol. The van der Waals surface area contributed by atoms with Gasteiger partial charge < -0.3 is 5.32 Å². The fourth-order valence-corrected chi connectivity index (χ4v) is 1.84. The lowest BCUT2D eigenvalue weighted by Gasteiger charge is -2.09. The van der Waals surface area contributed by atoms with E-state index in [-0.39, 0.29) is 17.9 Å². The number of halogens is 3. The van der Waals surface area contributed by atoms with Crippen molar-refractivity contribution in [1.29, 1.82) is 0 Å². The SMILES string of the molecule is Cc1ccc(CNc2cc(F)cc(F)c2F)cc1[N+](=O)[O-]. The van der Waals surface area contributed by atoms with Crippen LogP contribution in [0.4, 0.5) is 24.5 Å². The molecule has 0 saturated heterocycles. The lowest BCUT2D eigenvalue weighted by molar-refractivity contribution is -0.385. The lowest BCUT2D eigenvalue weighted by atomic mass is 10.1. The number of benzene rings is 2. The van der Waals surface area contributed by atoms with E-state index in [0.717, 1.165) is 6.07 Å². The quantitative estimate of drug-likeness (QED) is 0.528. The molecule has 110 valence electrons. The van der Waals surface area contributed by atoms with Gasteiger partial charge >= 0.3 is 0 Å². The number of nitro groups is 1. The van der Waals surface area contributed by atoms with E-state index in [9.17, 15) is 23.3 Å². The molecule has 0 aromatic heterocycles. The predicted molar refractivity (Wildman–Crippen MR) is 71.5 cm³/mol. The highest BCUT2D eigenvalue weighted by molar-refractivity contribution is 5.48. The van der Waals surface area contributed by atoms with Gasteiger partial charge in [0.2, 0.25) is 0 Å². The molecule has 0 aliphatic carbocycles. The Morgan fingerprint density at radius 3 is 2.57 bits per heavy atom. The summed E-state index contributed by atoms with van der Waals surface area (Å²) in [5, 5.41) is 13.3. The third-order valence-electron chi connectivity index (χ3n) is 2.95. The first kappa shape index (κ1) is 14.8. The molecule has 0 saturated carbocycles. The van der Waals surface area contributed by atoms with Gasteiger partial charge in [-0.25, -0.2) is 13.2 Å². The van der Waals surface area contributed by atoms with Crippen LogP contribution in [-0.4, -0.2) is 4.92 Å². The largest absolute Gasteiger partial charge is 0.378 e. The van der Waals surface area contributed by atoms with Gasteiger partial charge in [-0.3, -0.25) is 10.1 Å². The van der Waals surface area contributed by atoms with E-state index in [2.05, 4.69) is 5.32 Å². The topological polar surface area (TPSA) is 55.2 Å². The van der Waals surface area contributed by atoms with E-state index in [0.29, 0.717) is 17.2 Å². The summed E-state index contributed by atoms with van der Waals surface area (Å²) in [6.07, 6.45) is 0. The highest BCUT2D eigenvalue weighted by Crippen LogP contribution is 2.22. The molecule has 0 atom stereocenters. The van der Waals surface area contributed by atoms with Crippen molar-refractivity contribution >= 4 is 11.4 Å². The Bertz CT molecular complexity index is 705. The van der Waals surface area contributed by atoms with Gasteiger partial charge in [0, 0.05) is 30.3 Å². The van der Waals surface area contributed by atoms with Crippen LogP contribution in [0.2, 0.25) is 0 Å². The van der Waals surface area contributed by atoms with E-state index in [4.69, 9.17) is 0 Å². The maximum atomic E-state index is 13.4. The van der Waals surface area contributed by atoms with Crippen molar-refractivity contribution in [1.82, 2.24) is 0 Å². The zero-order valence-electron chi connectivity index (χ0n) is 11.0. The molecule has 0 amide bonds. The van der Waals surface area contributed by atoms with Gasteiger partial charge in [0.25, 0.3) is 5.69 Å². The van der Waals surface area contributed by atoms with Crippen LogP contribution in [0, 0.1) is 34.5 Å². The zero-order chi connectivity index (χ0) is 15.6. The van der Waals surface area contributed by atoms with Gasteiger partial charge in [0.1, 0.15) is 5.82 Å². The summed E-state index contributed by atoms with van der Waals surface area (Å²) in [7, 11) is 0. The molecule has 0 bridgehead atoms. The fourth-order valence-electron chi connectivity index (χ4n) is 1.84. The number of hydrogen-bond acceptors (Lipinski definition) is 3. The molecule has 0 heterocycles. The first-order valence-corrected chi connectivity index (χ1v) is 6.01. The molecule has 0 aliphatic rings. The second kappa shape index (κ2) is 5.82. The molecule has 4 nitrogen and oxygen atoms in total. The van der Waals surface area contributed by atoms with Gasteiger partial charge in [0.05, 0.1) is 10.6 Å². The number of hydrogen-bond donors (Lipinski definition) is 1. The fraction of sp³-hybridized carbons (Fsp3) is 0.143. The van der Waals surface area contributed by atoms with E-state index in [1.807, 2.05) is 0 Å². The smallest absolute Gasteiger partial charge is 0.272 e. The highest BCUT2D eigenvalue weighted by Gasteiger charge is 2.13. The average Bonchev–Trinajstić information content (AvgIpc) is 2.42. The van der Waals surface area contributed by atoms with Gasteiger partial charge in [0.15, 0.2) is 11.6 Å². The van der Waals surface area contributed by atoms with Crippen molar-refractivity contribution in [3.8, 4) is 0 Å². The number of anilines is 1. The first-order valence-electron chi connectivity index (χ1n) is 6.01. The number of nitrogens with zero attached hydrogens (tertiary/aromatic N) is 1. The molecule has 7 heteroatoms. The third kappa shape index (κ3) is 3.31. The standard InChI is InChI=1S/C14H11F3N2O2/c1-8-2-3-9(4-13(8)19(20)21)7-18-12-6-10(15)5-11(16)14(12)17/h2-6,18H,7H2,1H3. The van der Waals surface area contributed by atoms with Crippen LogP contribution in [0.15, 0.2) is 30.3 Å². The Labute approximate surface area is 118 Å². The minimum absolute atomic E-state index is 0.000926. The molecule has 0 unspecified atom stereocenters. The minimum atomic E-state index is -1.30. The molecule has 0 fully saturated rings. The third-order valence-corrected chi connectivity index (χ3v) is 2.95. The van der Waals surface area contributed by atoms with E-state index >= 15 is 0 Å². The molecular formula is C14H11F3N2O2. The summed E-state index contributed by atoms with van der Waals surface area (Å²) in [5.74, 6) is -3.41. The molecule has 0 radical (unpaired) electrons. The van der Waals surface area contributed by atoms with E-state index < -0.39 is 22.4 Å². The van der Waals surface area contributed by atoms with Crippen LogP contribution < -0.4 is 5.32 Å². The Morgan fingerprint density at radius 2 is 1.90 bits per heavy atom. The van der Waals surface area contributed by atoms with Gasteiger partial charge in [-0.05, 0) is 12.5 Å². The molecule has 2 rings (SSSR count). The monoisotopic (exact) mass is 296 g/mol. The van der Waals surface area contributed by atoms with Crippen molar-refractivity contribution in [2.45, 2.75) is 13.5 Å². The second-order valence-electron chi connectivity index (χ2n) is 4.48.